The van der Waals surface area contributed by atoms with Gasteiger partial charge in [0.15, 0.2) is 0 Å². The van der Waals surface area contributed by atoms with E-state index in [9.17, 15) is 14.9 Å². The summed E-state index contributed by atoms with van der Waals surface area (Å²) in [5.41, 5.74) is 0.265. The van der Waals surface area contributed by atoms with Gasteiger partial charge in [-0.25, -0.2) is 4.68 Å². The molecule has 116 valence electrons. The van der Waals surface area contributed by atoms with Crippen LogP contribution in [-0.2, 0) is 4.79 Å². The first-order valence-electron chi connectivity index (χ1n) is 7.03. The molecule has 1 atom stereocenters. The minimum absolute atomic E-state index is 0.0513. The van der Waals surface area contributed by atoms with Crippen molar-refractivity contribution in [2.75, 3.05) is 5.32 Å². The zero-order chi connectivity index (χ0) is 15.7. The number of carboxylic acids is 1. The van der Waals surface area contributed by atoms with Crippen molar-refractivity contribution in [1.82, 2.24) is 9.78 Å². The summed E-state index contributed by atoms with van der Waals surface area (Å²) >= 11 is 0. The van der Waals surface area contributed by atoms with Crippen LogP contribution in [0.1, 0.15) is 44.8 Å². The van der Waals surface area contributed by atoms with Crippen LogP contribution in [0.15, 0.2) is 0 Å². The molecule has 8 heteroatoms. The second kappa shape index (κ2) is 5.71. The first-order valence-corrected chi connectivity index (χ1v) is 7.03. The lowest BCUT2D eigenvalue weighted by Crippen LogP contribution is -2.27. The minimum Gasteiger partial charge on any atom is -0.481 e. The molecule has 1 unspecified atom stereocenters. The third-order valence-electron chi connectivity index (χ3n) is 3.63. The summed E-state index contributed by atoms with van der Waals surface area (Å²) in [4.78, 5) is 21.8. The van der Waals surface area contributed by atoms with Gasteiger partial charge in [-0.2, -0.15) is 5.10 Å². The molecule has 2 rings (SSSR count). The van der Waals surface area contributed by atoms with Gasteiger partial charge in [0.1, 0.15) is 5.69 Å². The van der Waals surface area contributed by atoms with Crippen molar-refractivity contribution in [2.24, 2.45) is 5.92 Å². The molecular formula is C13H20N4O4. The Morgan fingerprint density at radius 2 is 2.19 bits per heavy atom. The molecule has 0 aliphatic heterocycles. The van der Waals surface area contributed by atoms with E-state index in [-0.39, 0.29) is 30.1 Å². The lowest BCUT2D eigenvalue weighted by molar-refractivity contribution is -0.384. The summed E-state index contributed by atoms with van der Waals surface area (Å²) in [7, 11) is 0. The van der Waals surface area contributed by atoms with Crippen molar-refractivity contribution >= 4 is 17.5 Å². The highest BCUT2D eigenvalue weighted by Gasteiger charge is 2.36. The van der Waals surface area contributed by atoms with Gasteiger partial charge in [0.05, 0.1) is 11.3 Å². The molecule has 1 aliphatic rings. The number of rotatable bonds is 7. The van der Waals surface area contributed by atoms with Crippen molar-refractivity contribution in [3.05, 3.63) is 15.8 Å². The summed E-state index contributed by atoms with van der Waals surface area (Å²) in [5.74, 6) is -0.337. The summed E-state index contributed by atoms with van der Waals surface area (Å²) in [6, 6.07) is -0.348. The quantitative estimate of drug-likeness (QED) is 0.590. The molecule has 0 saturated heterocycles. The Hall–Kier alpha value is -2.12. The number of nitrogens with zero attached hydrogens (tertiary/aromatic N) is 3. The third-order valence-corrected chi connectivity index (χ3v) is 3.63. The number of aliphatic carboxylic acids is 1. The maximum Gasteiger partial charge on any atom is 0.333 e. The summed E-state index contributed by atoms with van der Waals surface area (Å²) in [5, 5.41) is 27.5. The van der Waals surface area contributed by atoms with Crippen LogP contribution in [0.5, 0.6) is 0 Å². The molecular weight excluding hydrogens is 276 g/mol. The van der Waals surface area contributed by atoms with Crippen molar-refractivity contribution in [2.45, 2.75) is 52.1 Å². The fourth-order valence-corrected chi connectivity index (χ4v) is 2.46. The second-order valence-corrected chi connectivity index (χ2v) is 5.76. The molecule has 0 amide bonds. The Balaban J connectivity index is 2.35. The highest BCUT2D eigenvalue weighted by atomic mass is 16.6. The third kappa shape index (κ3) is 3.32. The van der Waals surface area contributed by atoms with E-state index in [1.807, 2.05) is 13.8 Å². The first-order chi connectivity index (χ1) is 9.81. The number of aryl methyl sites for hydroxylation is 1. The van der Waals surface area contributed by atoms with Crippen LogP contribution in [0.3, 0.4) is 0 Å². The fourth-order valence-electron chi connectivity index (χ4n) is 2.46. The first kappa shape index (κ1) is 15.3. The Morgan fingerprint density at radius 1 is 1.57 bits per heavy atom. The van der Waals surface area contributed by atoms with Crippen LogP contribution in [-0.4, -0.2) is 31.8 Å². The van der Waals surface area contributed by atoms with Crippen molar-refractivity contribution in [3.63, 3.8) is 0 Å². The number of aromatic nitrogens is 2. The molecule has 21 heavy (non-hydrogen) atoms. The molecule has 1 aromatic rings. The van der Waals surface area contributed by atoms with Crippen LogP contribution >= 0.6 is 0 Å². The number of hydrogen-bond acceptors (Lipinski definition) is 5. The number of carbonyl (C=O) groups is 1. The van der Waals surface area contributed by atoms with Crippen LogP contribution in [0.2, 0.25) is 0 Å². The van der Waals surface area contributed by atoms with Crippen LogP contribution in [0.25, 0.3) is 0 Å². The van der Waals surface area contributed by atoms with Gasteiger partial charge in [0.25, 0.3) is 0 Å². The van der Waals surface area contributed by atoms with E-state index in [1.54, 1.807) is 11.6 Å². The Bertz CT molecular complexity index is 563. The smallest absolute Gasteiger partial charge is 0.333 e. The molecule has 0 bridgehead atoms. The molecule has 1 fully saturated rings. The lowest BCUT2D eigenvalue weighted by Gasteiger charge is -2.19. The highest BCUT2D eigenvalue weighted by Crippen LogP contribution is 2.38. The van der Waals surface area contributed by atoms with Gasteiger partial charge >= 0.3 is 11.7 Å². The number of nitro groups is 1. The zero-order valence-electron chi connectivity index (χ0n) is 12.4. The van der Waals surface area contributed by atoms with E-state index in [0.717, 1.165) is 12.8 Å². The summed E-state index contributed by atoms with van der Waals surface area (Å²) < 4.78 is 1.56. The Morgan fingerprint density at radius 3 is 2.62 bits per heavy atom. The van der Waals surface area contributed by atoms with Crippen LogP contribution in [0, 0.1) is 23.0 Å². The van der Waals surface area contributed by atoms with E-state index in [0.29, 0.717) is 11.5 Å². The average Bonchev–Trinajstić information content (AvgIpc) is 3.12. The minimum atomic E-state index is -0.908. The van der Waals surface area contributed by atoms with E-state index in [2.05, 4.69) is 10.4 Å². The maximum absolute atomic E-state index is 11.3. The molecule has 1 heterocycles. The predicted octanol–water partition coefficient (Wildman–Crippen LogP) is 2.35. The van der Waals surface area contributed by atoms with Gasteiger partial charge in [-0.1, -0.05) is 0 Å². The number of hydrogen-bond donors (Lipinski definition) is 2. The largest absolute Gasteiger partial charge is 0.481 e. The van der Waals surface area contributed by atoms with Crippen LogP contribution in [0.4, 0.5) is 11.5 Å². The van der Waals surface area contributed by atoms with Crippen LogP contribution < -0.4 is 5.32 Å². The van der Waals surface area contributed by atoms with Crippen molar-refractivity contribution in [1.29, 1.82) is 0 Å². The highest BCUT2D eigenvalue weighted by molar-refractivity contribution is 5.69. The molecule has 8 nitrogen and oxygen atoms in total. The predicted molar refractivity (Wildman–Crippen MR) is 76.4 cm³/mol. The van der Waals surface area contributed by atoms with E-state index < -0.39 is 10.9 Å². The van der Waals surface area contributed by atoms with Gasteiger partial charge in [-0.3, -0.25) is 14.9 Å². The number of anilines is 1. The van der Waals surface area contributed by atoms with Gasteiger partial charge < -0.3 is 10.4 Å². The standard InChI is InChI=1S/C13H20N4O4/c1-7(2)16-13(12(17(20)21)8(3)15-16)14-10(6-11(18)19)9-4-5-9/h7,9-10,14H,4-6H2,1-3H3,(H,18,19). The van der Waals surface area contributed by atoms with E-state index in [4.69, 9.17) is 5.11 Å². The van der Waals surface area contributed by atoms with Crippen molar-refractivity contribution < 1.29 is 14.8 Å². The monoisotopic (exact) mass is 296 g/mol. The maximum atomic E-state index is 11.3. The zero-order valence-corrected chi connectivity index (χ0v) is 12.4. The Kier molecular flexibility index (Phi) is 4.15. The normalized spacial score (nSPS) is 16.0. The Labute approximate surface area is 122 Å². The van der Waals surface area contributed by atoms with E-state index in [1.165, 1.54) is 0 Å². The van der Waals surface area contributed by atoms with E-state index >= 15 is 0 Å². The van der Waals surface area contributed by atoms with Gasteiger partial charge in [0.2, 0.25) is 5.82 Å². The fraction of sp³-hybridized carbons (Fsp3) is 0.692. The van der Waals surface area contributed by atoms with Crippen molar-refractivity contribution in [3.8, 4) is 0 Å². The van der Waals surface area contributed by atoms with Gasteiger partial charge in [0, 0.05) is 12.1 Å². The molecule has 2 N–H and O–H groups in total. The van der Waals surface area contributed by atoms with Gasteiger partial charge in [-0.05, 0) is 39.5 Å². The SMILES string of the molecule is Cc1nn(C(C)C)c(NC(CC(=O)O)C2CC2)c1[N+](=O)[O-]. The molecule has 0 aromatic carbocycles. The topological polar surface area (TPSA) is 110 Å². The molecule has 1 aromatic heterocycles. The molecule has 0 spiro atoms. The number of carboxylic acid groups (broad SMARTS) is 1. The molecule has 0 radical (unpaired) electrons. The van der Waals surface area contributed by atoms with Gasteiger partial charge in [-0.15, -0.1) is 0 Å². The number of nitrogens with one attached hydrogen (secondary N) is 1. The summed E-state index contributed by atoms with van der Waals surface area (Å²) in [6.07, 6.45) is 1.85. The lowest BCUT2D eigenvalue weighted by atomic mass is 10.1. The average molecular weight is 296 g/mol. The summed E-state index contributed by atoms with van der Waals surface area (Å²) in [6.45, 7) is 5.35. The molecule has 1 aliphatic carbocycles. The molecule has 1 saturated carbocycles. The second-order valence-electron chi connectivity index (χ2n) is 5.76.